The van der Waals surface area contributed by atoms with Crippen LogP contribution >= 0.6 is 27.5 Å². The molecule has 1 heterocycles. The van der Waals surface area contributed by atoms with E-state index in [1.807, 2.05) is 12.1 Å². The standard InChI is InChI=1S/C24H25BrClN3O5/c1-24(2,3)16-6-4-14(5-7-16)22(32)28-29-12-15(10-21(29)31)23(33)34-13-20(30)27-19-9-8-17(25)11-18(19)26/h4-9,11,15H,10,12-13H2,1-3H3,(H,27,30)(H,28,32)/t15-/m0/s1. The first kappa shape index (κ1) is 25.7. The molecule has 180 valence electrons. The summed E-state index contributed by atoms with van der Waals surface area (Å²) in [6.45, 7) is 5.66. The van der Waals surface area contributed by atoms with Crippen molar-refractivity contribution in [1.29, 1.82) is 0 Å². The van der Waals surface area contributed by atoms with Gasteiger partial charge in [-0.3, -0.25) is 29.6 Å². The Morgan fingerprint density at radius 2 is 1.82 bits per heavy atom. The van der Waals surface area contributed by atoms with Crippen molar-refractivity contribution in [2.24, 2.45) is 5.92 Å². The van der Waals surface area contributed by atoms with E-state index in [1.54, 1.807) is 30.3 Å². The number of carbonyl (C=O) groups is 4. The second-order valence-corrected chi connectivity index (χ2v) is 10.3. The number of rotatable bonds is 6. The molecule has 0 bridgehead atoms. The number of hydrogen-bond donors (Lipinski definition) is 2. The van der Waals surface area contributed by atoms with Gasteiger partial charge in [0.15, 0.2) is 6.61 Å². The number of ether oxygens (including phenoxy) is 1. The molecule has 1 aliphatic rings. The summed E-state index contributed by atoms with van der Waals surface area (Å²) >= 11 is 9.33. The second kappa shape index (κ2) is 10.6. The molecular formula is C24H25BrClN3O5. The van der Waals surface area contributed by atoms with Gasteiger partial charge in [0.2, 0.25) is 5.91 Å². The summed E-state index contributed by atoms with van der Waals surface area (Å²) in [6, 6.07) is 12.1. The minimum absolute atomic E-state index is 0.0381. The first-order valence-electron chi connectivity index (χ1n) is 10.6. The average molecular weight is 551 g/mol. The van der Waals surface area contributed by atoms with Crippen LogP contribution < -0.4 is 10.7 Å². The molecule has 3 amide bonds. The number of hydrazine groups is 1. The lowest BCUT2D eigenvalue weighted by Gasteiger charge is -2.20. The molecule has 0 saturated carbocycles. The molecule has 0 aromatic heterocycles. The van der Waals surface area contributed by atoms with E-state index in [0.717, 1.165) is 15.0 Å². The number of nitrogens with zero attached hydrogens (tertiary/aromatic N) is 1. The summed E-state index contributed by atoms with van der Waals surface area (Å²) in [5, 5.41) is 3.99. The molecule has 2 N–H and O–H groups in total. The first-order chi connectivity index (χ1) is 15.9. The Kier molecular flexibility index (Phi) is 7.99. The zero-order valence-electron chi connectivity index (χ0n) is 19.0. The van der Waals surface area contributed by atoms with Gasteiger partial charge in [-0.1, -0.05) is 60.4 Å². The van der Waals surface area contributed by atoms with E-state index in [9.17, 15) is 19.2 Å². The number of halogens is 2. The maximum Gasteiger partial charge on any atom is 0.311 e. The fourth-order valence-corrected chi connectivity index (χ4v) is 4.03. The molecule has 8 nitrogen and oxygen atoms in total. The number of hydrogen-bond acceptors (Lipinski definition) is 5. The van der Waals surface area contributed by atoms with E-state index in [4.69, 9.17) is 16.3 Å². The Morgan fingerprint density at radius 1 is 1.15 bits per heavy atom. The molecule has 2 aromatic rings. The van der Waals surface area contributed by atoms with Gasteiger partial charge in [0, 0.05) is 16.5 Å². The highest BCUT2D eigenvalue weighted by atomic mass is 79.9. The number of nitrogens with one attached hydrogen (secondary N) is 2. The molecular weight excluding hydrogens is 526 g/mol. The third-order valence-electron chi connectivity index (χ3n) is 5.26. The van der Waals surface area contributed by atoms with Crippen molar-refractivity contribution in [3.05, 3.63) is 63.1 Å². The topological polar surface area (TPSA) is 105 Å². The Balaban J connectivity index is 1.50. The minimum atomic E-state index is -0.792. The zero-order chi connectivity index (χ0) is 25.0. The van der Waals surface area contributed by atoms with Crippen molar-refractivity contribution in [2.75, 3.05) is 18.5 Å². The first-order valence-corrected chi connectivity index (χ1v) is 11.7. The summed E-state index contributed by atoms with van der Waals surface area (Å²) in [5.74, 6) is -2.91. The van der Waals surface area contributed by atoms with Gasteiger partial charge in [-0.2, -0.15) is 0 Å². The van der Waals surface area contributed by atoms with Crippen LogP contribution in [0.4, 0.5) is 5.69 Å². The lowest BCUT2D eigenvalue weighted by atomic mass is 9.87. The van der Waals surface area contributed by atoms with Crippen LogP contribution in [0, 0.1) is 5.92 Å². The SMILES string of the molecule is CC(C)(C)c1ccc(C(=O)NN2C[C@@H](C(=O)OCC(=O)Nc3ccc(Br)cc3Cl)CC2=O)cc1. The van der Waals surface area contributed by atoms with Crippen LogP contribution in [-0.2, 0) is 24.5 Å². The van der Waals surface area contributed by atoms with Crippen LogP contribution in [0.1, 0.15) is 43.1 Å². The fraction of sp³-hybridized carbons (Fsp3) is 0.333. The number of benzene rings is 2. The molecule has 1 atom stereocenters. The van der Waals surface area contributed by atoms with Crippen LogP contribution in [0.25, 0.3) is 0 Å². The minimum Gasteiger partial charge on any atom is -0.455 e. The largest absolute Gasteiger partial charge is 0.455 e. The summed E-state index contributed by atoms with van der Waals surface area (Å²) in [6.07, 6.45) is -0.123. The quantitative estimate of drug-likeness (QED) is 0.528. The Morgan fingerprint density at radius 3 is 2.44 bits per heavy atom. The van der Waals surface area contributed by atoms with Gasteiger partial charge >= 0.3 is 5.97 Å². The average Bonchev–Trinajstić information content (AvgIpc) is 3.13. The second-order valence-electron chi connectivity index (χ2n) is 8.95. The van der Waals surface area contributed by atoms with Crippen molar-refractivity contribution < 1.29 is 23.9 Å². The fourth-order valence-electron chi connectivity index (χ4n) is 3.31. The van der Waals surface area contributed by atoms with Crippen LogP contribution in [0.2, 0.25) is 5.02 Å². The molecule has 1 aliphatic heterocycles. The molecule has 0 aliphatic carbocycles. The maximum absolute atomic E-state index is 12.5. The Bertz CT molecular complexity index is 1110. The third kappa shape index (κ3) is 6.57. The zero-order valence-corrected chi connectivity index (χ0v) is 21.3. The maximum atomic E-state index is 12.5. The number of esters is 1. The van der Waals surface area contributed by atoms with E-state index in [2.05, 4.69) is 47.4 Å². The predicted octanol–water partition coefficient (Wildman–Crippen LogP) is 4.08. The summed E-state index contributed by atoms with van der Waals surface area (Å²) < 4.78 is 5.82. The number of anilines is 1. The number of amides is 3. The van der Waals surface area contributed by atoms with Gasteiger partial charge < -0.3 is 10.1 Å². The van der Waals surface area contributed by atoms with Crippen molar-refractivity contribution in [1.82, 2.24) is 10.4 Å². The third-order valence-corrected chi connectivity index (χ3v) is 6.06. The highest BCUT2D eigenvalue weighted by Gasteiger charge is 2.36. The predicted molar refractivity (Wildman–Crippen MR) is 131 cm³/mol. The van der Waals surface area contributed by atoms with E-state index < -0.39 is 36.2 Å². The molecule has 1 fully saturated rings. The monoisotopic (exact) mass is 549 g/mol. The molecule has 1 saturated heterocycles. The van der Waals surface area contributed by atoms with Gasteiger partial charge in [0.05, 0.1) is 23.2 Å². The van der Waals surface area contributed by atoms with Crippen molar-refractivity contribution >= 4 is 56.9 Å². The van der Waals surface area contributed by atoms with Crippen molar-refractivity contribution in [3.8, 4) is 0 Å². The summed E-state index contributed by atoms with van der Waals surface area (Å²) in [5.41, 5.74) is 4.35. The summed E-state index contributed by atoms with van der Waals surface area (Å²) in [4.78, 5) is 49.3. The van der Waals surface area contributed by atoms with Gasteiger partial charge in [-0.05, 0) is 41.3 Å². The van der Waals surface area contributed by atoms with E-state index in [-0.39, 0.29) is 18.4 Å². The number of carbonyl (C=O) groups excluding carboxylic acids is 4. The molecule has 0 unspecified atom stereocenters. The van der Waals surface area contributed by atoms with Crippen LogP contribution in [-0.4, -0.2) is 41.9 Å². The van der Waals surface area contributed by atoms with Crippen LogP contribution in [0.5, 0.6) is 0 Å². The van der Waals surface area contributed by atoms with E-state index in [0.29, 0.717) is 16.3 Å². The van der Waals surface area contributed by atoms with E-state index >= 15 is 0 Å². The highest BCUT2D eigenvalue weighted by molar-refractivity contribution is 9.10. The van der Waals surface area contributed by atoms with Crippen molar-refractivity contribution in [3.63, 3.8) is 0 Å². The normalized spacial score (nSPS) is 15.7. The molecule has 0 spiro atoms. The highest BCUT2D eigenvalue weighted by Crippen LogP contribution is 2.26. The van der Waals surface area contributed by atoms with Crippen molar-refractivity contribution in [2.45, 2.75) is 32.6 Å². The van der Waals surface area contributed by atoms with Crippen LogP contribution in [0.3, 0.4) is 0 Å². The Labute approximate surface area is 211 Å². The van der Waals surface area contributed by atoms with Gasteiger partial charge in [-0.15, -0.1) is 0 Å². The molecule has 3 rings (SSSR count). The molecule has 34 heavy (non-hydrogen) atoms. The lowest BCUT2D eigenvalue weighted by molar-refractivity contribution is -0.151. The van der Waals surface area contributed by atoms with Gasteiger partial charge in [0.1, 0.15) is 0 Å². The molecule has 10 heteroatoms. The Hall–Kier alpha value is -2.91. The van der Waals surface area contributed by atoms with E-state index in [1.165, 1.54) is 0 Å². The smallest absolute Gasteiger partial charge is 0.311 e. The van der Waals surface area contributed by atoms with Gasteiger partial charge in [0.25, 0.3) is 11.8 Å². The lowest BCUT2D eigenvalue weighted by Crippen LogP contribution is -2.43. The van der Waals surface area contributed by atoms with Crippen LogP contribution in [0.15, 0.2) is 46.9 Å². The summed E-state index contributed by atoms with van der Waals surface area (Å²) in [7, 11) is 0. The van der Waals surface area contributed by atoms with Gasteiger partial charge in [-0.25, -0.2) is 0 Å². The molecule has 0 radical (unpaired) electrons. The molecule has 2 aromatic carbocycles.